The predicted molar refractivity (Wildman–Crippen MR) is 90.1 cm³/mol. The molecular formula is C16H15ClN2O4S. The van der Waals surface area contributed by atoms with E-state index >= 15 is 0 Å². The van der Waals surface area contributed by atoms with Gasteiger partial charge in [0.15, 0.2) is 9.84 Å². The van der Waals surface area contributed by atoms with Crippen molar-refractivity contribution in [3.05, 3.63) is 47.1 Å². The molecule has 0 saturated carbocycles. The summed E-state index contributed by atoms with van der Waals surface area (Å²) in [6, 6.07) is 8.74. The van der Waals surface area contributed by atoms with Crippen LogP contribution in [0, 0.1) is 0 Å². The fraction of sp³-hybridized carbons (Fsp3) is 0.250. The van der Waals surface area contributed by atoms with Crippen molar-refractivity contribution in [1.29, 1.82) is 0 Å². The Hall–Kier alpha value is -2.12. The molecule has 1 aliphatic rings. The van der Waals surface area contributed by atoms with Crippen LogP contribution >= 0.6 is 11.6 Å². The van der Waals surface area contributed by atoms with Crippen molar-refractivity contribution in [2.45, 2.75) is 10.8 Å². The number of rotatable bonds is 3. The van der Waals surface area contributed by atoms with Gasteiger partial charge in [-0.15, -0.1) is 0 Å². The first-order chi connectivity index (χ1) is 11.3. The summed E-state index contributed by atoms with van der Waals surface area (Å²) in [4.78, 5) is 16.4. The zero-order valence-electron chi connectivity index (χ0n) is 12.8. The molecular weight excluding hydrogens is 352 g/mol. The second kappa shape index (κ2) is 6.07. The van der Waals surface area contributed by atoms with E-state index in [2.05, 4.69) is 4.98 Å². The van der Waals surface area contributed by atoms with Gasteiger partial charge in [0, 0.05) is 37.0 Å². The second-order valence-corrected chi connectivity index (χ2v) is 8.20. The Morgan fingerprint density at radius 3 is 2.46 bits per heavy atom. The van der Waals surface area contributed by atoms with Crippen LogP contribution in [0.5, 0.6) is 0 Å². The minimum Gasteiger partial charge on any atom is -0.465 e. The highest BCUT2D eigenvalue weighted by molar-refractivity contribution is 7.90. The molecule has 1 saturated heterocycles. The lowest BCUT2D eigenvalue weighted by Gasteiger charge is -2.37. The number of benzene rings is 1. The minimum atomic E-state index is -3.46. The smallest absolute Gasteiger partial charge is 0.407 e. The summed E-state index contributed by atoms with van der Waals surface area (Å²) in [6.45, 7) is 0.949. The van der Waals surface area contributed by atoms with Gasteiger partial charge in [-0.3, -0.25) is 4.98 Å². The first-order valence-electron chi connectivity index (χ1n) is 7.19. The maximum Gasteiger partial charge on any atom is 0.407 e. The van der Waals surface area contributed by atoms with E-state index in [9.17, 15) is 13.2 Å². The van der Waals surface area contributed by atoms with Crippen LogP contribution in [0.3, 0.4) is 0 Å². The number of sulfone groups is 1. The summed E-state index contributed by atoms with van der Waals surface area (Å²) in [5.41, 5.74) is 2.05. The van der Waals surface area contributed by atoms with Gasteiger partial charge in [0.05, 0.1) is 15.6 Å². The molecule has 126 valence electrons. The quantitative estimate of drug-likeness (QED) is 0.902. The molecule has 0 radical (unpaired) electrons. The van der Waals surface area contributed by atoms with E-state index < -0.39 is 15.9 Å². The van der Waals surface area contributed by atoms with E-state index in [0.717, 1.165) is 11.8 Å². The van der Waals surface area contributed by atoms with Crippen LogP contribution in [-0.2, 0) is 9.84 Å². The van der Waals surface area contributed by atoms with Crippen LogP contribution in [0.25, 0.3) is 11.3 Å². The van der Waals surface area contributed by atoms with Gasteiger partial charge in [-0.1, -0.05) is 35.9 Å². The van der Waals surface area contributed by atoms with E-state index in [1.807, 2.05) is 12.1 Å². The number of hydrogen-bond acceptors (Lipinski definition) is 4. The molecule has 1 aliphatic heterocycles. The predicted octanol–water partition coefficient (Wildman–Crippen LogP) is 2.88. The number of likely N-dealkylation sites (tertiary alicyclic amines) is 1. The standard InChI is InChI=1S/C16H15ClN2O4S/c1-24(22,23)14-6-13(17)7-18-15(14)11-4-2-10(3-5-11)12-8-19(9-12)16(20)21/h2-7,12H,8-9H2,1H3,(H,20,21). The van der Waals surface area contributed by atoms with Gasteiger partial charge in [0.1, 0.15) is 0 Å². The average molecular weight is 367 g/mol. The summed E-state index contributed by atoms with van der Waals surface area (Å²) in [6.07, 6.45) is 1.62. The molecule has 1 N–H and O–H groups in total. The van der Waals surface area contributed by atoms with Crippen molar-refractivity contribution in [2.24, 2.45) is 0 Å². The van der Waals surface area contributed by atoms with Crippen molar-refractivity contribution in [2.75, 3.05) is 19.3 Å². The first kappa shape index (κ1) is 16.7. The van der Waals surface area contributed by atoms with Crippen molar-refractivity contribution in [1.82, 2.24) is 9.88 Å². The highest BCUT2D eigenvalue weighted by Gasteiger charge is 2.31. The molecule has 1 fully saturated rings. The Kier molecular flexibility index (Phi) is 4.23. The van der Waals surface area contributed by atoms with Crippen LogP contribution in [0.15, 0.2) is 41.4 Å². The molecule has 0 spiro atoms. The Morgan fingerprint density at radius 1 is 1.29 bits per heavy atom. The fourth-order valence-electron chi connectivity index (χ4n) is 2.68. The van der Waals surface area contributed by atoms with Gasteiger partial charge in [-0.05, 0) is 11.6 Å². The van der Waals surface area contributed by atoms with Crippen LogP contribution in [-0.4, -0.2) is 48.8 Å². The lowest BCUT2D eigenvalue weighted by atomic mass is 9.91. The van der Waals surface area contributed by atoms with Crippen molar-refractivity contribution in [3.63, 3.8) is 0 Å². The first-order valence-corrected chi connectivity index (χ1v) is 9.46. The van der Waals surface area contributed by atoms with Gasteiger partial charge < -0.3 is 10.0 Å². The second-order valence-electron chi connectivity index (χ2n) is 5.78. The molecule has 1 amide bonds. The molecule has 1 aromatic heterocycles. The third kappa shape index (κ3) is 3.22. The summed E-state index contributed by atoms with van der Waals surface area (Å²) in [7, 11) is -3.46. The summed E-state index contributed by atoms with van der Waals surface area (Å²) < 4.78 is 23.9. The van der Waals surface area contributed by atoms with E-state index in [-0.39, 0.29) is 15.8 Å². The SMILES string of the molecule is CS(=O)(=O)c1cc(Cl)cnc1-c1ccc(C2CN(C(=O)O)C2)cc1. The molecule has 24 heavy (non-hydrogen) atoms. The topological polar surface area (TPSA) is 87.6 Å². The van der Waals surface area contributed by atoms with Crippen molar-refractivity contribution < 1.29 is 18.3 Å². The number of pyridine rings is 1. The highest BCUT2D eigenvalue weighted by atomic mass is 35.5. The molecule has 3 rings (SSSR count). The molecule has 0 atom stereocenters. The van der Waals surface area contributed by atoms with Gasteiger partial charge in [0.2, 0.25) is 0 Å². The largest absolute Gasteiger partial charge is 0.465 e. The third-order valence-corrected chi connectivity index (χ3v) is 5.34. The molecule has 2 heterocycles. The molecule has 2 aromatic rings. The normalized spacial score (nSPS) is 15.2. The van der Waals surface area contributed by atoms with E-state index in [1.54, 1.807) is 12.1 Å². The lowest BCUT2D eigenvalue weighted by Crippen LogP contribution is -2.47. The van der Waals surface area contributed by atoms with E-state index in [1.165, 1.54) is 17.2 Å². The number of hydrogen-bond donors (Lipinski definition) is 1. The Morgan fingerprint density at radius 2 is 1.92 bits per heavy atom. The molecule has 0 aliphatic carbocycles. The van der Waals surface area contributed by atoms with Crippen LogP contribution in [0.1, 0.15) is 11.5 Å². The van der Waals surface area contributed by atoms with Crippen molar-refractivity contribution in [3.8, 4) is 11.3 Å². The van der Waals surface area contributed by atoms with Crippen LogP contribution in [0.4, 0.5) is 4.79 Å². The highest BCUT2D eigenvalue weighted by Crippen LogP contribution is 2.31. The summed E-state index contributed by atoms with van der Waals surface area (Å²) >= 11 is 5.86. The van der Waals surface area contributed by atoms with Gasteiger partial charge in [0.25, 0.3) is 0 Å². The third-order valence-electron chi connectivity index (χ3n) is 4.03. The number of aromatic nitrogens is 1. The number of halogens is 1. The summed E-state index contributed by atoms with van der Waals surface area (Å²) in [5, 5.41) is 9.13. The Balaban J connectivity index is 1.89. The number of amides is 1. The zero-order valence-corrected chi connectivity index (χ0v) is 14.4. The molecule has 8 heteroatoms. The molecule has 1 aromatic carbocycles. The Bertz CT molecular complexity index is 891. The Labute approximate surface area is 144 Å². The minimum absolute atomic E-state index is 0.0865. The van der Waals surface area contributed by atoms with Crippen LogP contribution in [0.2, 0.25) is 5.02 Å². The van der Waals surface area contributed by atoms with Gasteiger partial charge in [-0.25, -0.2) is 13.2 Å². The molecule has 0 unspecified atom stereocenters. The molecule has 6 nitrogen and oxygen atoms in total. The van der Waals surface area contributed by atoms with E-state index in [4.69, 9.17) is 16.7 Å². The maximum atomic E-state index is 12.0. The van der Waals surface area contributed by atoms with Crippen molar-refractivity contribution >= 4 is 27.5 Å². The number of nitrogens with zero attached hydrogens (tertiary/aromatic N) is 2. The maximum absolute atomic E-state index is 12.0. The average Bonchev–Trinajstić information content (AvgIpc) is 2.45. The van der Waals surface area contributed by atoms with Gasteiger partial charge in [-0.2, -0.15) is 0 Å². The fourth-order valence-corrected chi connectivity index (χ4v) is 3.76. The van der Waals surface area contributed by atoms with E-state index in [0.29, 0.717) is 24.3 Å². The number of carboxylic acid groups (broad SMARTS) is 1. The summed E-state index contributed by atoms with van der Waals surface area (Å²) in [5.74, 6) is 0.169. The zero-order chi connectivity index (χ0) is 17.5. The molecule has 0 bridgehead atoms. The van der Waals surface area contributed by atoms with Gasteiger partial charge >= 0.3 is 6.09 Å². The monoisotopic (exact) mass is 366 g/mol. The lowest BCUT2D eigenvalue weighted by molar-refractivity contribution is 0.105. The number of carbonyl (C=O) groups is 1. The van der Waals surface area contributed by atoms with Crippen LogP contribution < -0.4 is 0 Å².